The molecule has 0 aliphatic carbocycles. The van der Waals surface area contributed by atoms with Crippen molar-refractivity contribution in [1.29, 1.82) is 0 Å². The molecule has 0 atom stereocenters. The second-order valence-corrected chi connectivity index (χ2v) is 5.60. The number of amides is 1. The highest BCUT2D eigenvalue weighted by Crippen LogP contribution is 2.30. The Hall–Kier alpha value is -2.40. The van der Waals surface area contributed by atoms with Gasteiger partial charge in [-0.1, -0.05) is 17.7 Å². The van der Waals surface area contributed by atoms with Crippen LogP contribution in [0.25, 0.3) is 0 Å². The molecule has 0 bridgehead atoms. The summed E-state index contributed by atoms with van der Waals surface area (Å²) in [6.45, 7) is 3.66. The van der Waals surface area contributed by atoms with E-state index >= 15 is 0 Å². The molecule has 0 heterocycles. The van der Waals surface area contributed by atoms with Crippen LogP contribution in [0.15, 0.2) is 30.3 Å². The monoisotopic (exact) mass is 334 g/mol. The van der Waals surface area contributed by atoms with Crippen molar-refractivity contribution in [3.05, 3.63) is 46.5 Å². The Labute approximate surface area is 140 Å². The third kappa shape index (κ3) is 4.29. The molecule has 0 aliphatic rings. The fourth-order valence-corrected chi connectivity index (χ4v) is 2.61. The summed E-state index contributed by atoms with van der Waals surface area (Å²) < 4.78 is 10.7. The number of nitrogen functional groups attached to an aromatic ring is 1. The van der Waals surface area contributed by atoms with Crippen molar-refractivity contribution >= 4 is 28.9 Å². The summed E-state index contributed by atoms with van der Waals surface area (Å²) in [7, 11) is 1.52. The predicted octanol–water partition coefficient (Wildman–Crippen LogP) is 3.57. The molecular weight excluding hydrogens is 316 g/mol. The smallest absolute Gasteiger partial charge is 0.262 e. The predicted molar refractivity (Wildman–Crippen MR) is 92.5 cm³/mol. The van der Waals surface area contributed by atoms with Gasteiger partial charge in [0.25, 0.3) is 5.91 Å². The molecule has 0 aromatic heterocycles. The number of nitrogens with two attached hydrogens (primary N) is 1. The van der Waals surface area contributed by atoms with Crippen LogP contribution in [0.1, 0.15) is 11.1 Å². The molecule has 0 unspecified atom stereocenters. The lowest BCUT2D eigenvalue weighted by atomic mass is 10.1. The Morgan fingerprint density at radius 1 is 1.26 bits per heavy atom. The molecule has 0 fully saturated rings. The van der Waals surface area contributed by atoms with Crippen LogP contribution in [-0.4, -0.2) is 19.6 Å². The molecule has 1 amide bonds. The SMILES string of the molecule is COc1ccc(N)cc1NC(=O)COc1c(C)cc(C)cc1Cl. The number of benzene rings is 2. The van der Waals surface area contributed by atoms with Crippen LogP contribution in [0.2, 0.25) is 5.02 Å². The number of hydrogen-bond acceptors (Lipinski definition) is 4. The van der Waals surface area contributed by atoms with Crippen LogP contribution in [0.4, 0.5) is 11.4 Å². The summed E-state index contributed by atoms with van der Waals surface area (Å²) in [5.41, 5.74) is 8.66. The highest BCUT2D eigenvalue weighted by Gasteiger charge is 2.12. The number of anilines is 2. The van der Waals surface area contributed by atoms with E-state index in [9.17, 15) is 4.79 Å². The second-order valence-electron chi connectivity index (χ2n) is 5.19. The molecule has 2 aromatic rings. The first-order valence-electron chi connectivity index (χ1n) is 7.03. The van der Waals surface area contributed by atoms with Gasteiger partial charge in [-0.05, 0) is 49.2 Å². The van der Waals surface area contributed by atoms with Gasteiger partial charge in [-0.3, -0.25) is 4.79 Å². The molecule has 0 spiro atoms. The Balaban J connectivity index is 2.05. The molecule has 0 aliphatic heterocycles. The summed E-state index contributed by atoms with van der Waals surface area (Å²) in [6, 6.07) is 8.75. The van der Waals surface area contributed by atoms with E-state index in [-0.39, 0.29) is 12.5 Å². The lowest BCUT2D eigenvalue weighted by molar-refractivity contribution is -0.118. The van der Waals surface area contributed by atoms with Crippen molar-refractivity contribution in [2.45, 2.75) is 13.8 Å². The number of carbonyl (C=O) groups is 1. The molecule has 0 saturated heterocycles. The lowest BCUT2D eigenvalue weighted by Crippen LogP contribution is -2.21. The van der Waals surface area contributed by atoms with Gasteiger partial charge in [-0.25, -0.2) is 0 Å². The lowest BCUT2D eigenvalue weighted by Gasteiger charge is -2.13. The van der Waals surface area contributed by atoms with Crippen molar-refractivity contribution in [2.24, 2.45) is 0 Å². The van der Waals surface area contributed by atoms with E-state index in [4.69, 9.17) is 26.8 Å². The van der Waals surface area contributed by atoms with Gasteiger partial charge in [0.15, 0.2) is 6.61 Å². The molecule has 122 valence electrons. The van der Waals surface area contributed by atoms with E-state index in [1.165, 1.54) is 7.11 Å². The van der Waals surface area contributed by atoms with Crippen LogP contribution in [0.5, 0.6) is 11.5 Å². The highest BCUT2D eigenvalue weighted by molar-refractivity contribution is 6.32. The Kier molecular flexibility index (Phi) is 5.34. The number of nitrogens with one attached hydrogen (secondary N) is 1. The van der Waals surface area contributed by atoms with Gasteiger partial charge in [-0.2, -0.15) is 0 Å². The van der Waals surface area contributed by atoms with Crippen molar-refractivity contribution in [3.8, 4) is 11.5 Å². The van der Waals surface area contributed by atoms with E-state index in [2.05, 4.69) is 5.32 Å². The number of halogens is 1. The molecule has 2 aromatic carbocycles. The topological polar surface area (TPSA) is 73.6 Å². The van der Waals surface area contributed by atoms with Gasteiger partial charge in [0.1, 0.15) is 11.5 Å². The molecule has 3 N–H and O–H groups in total. The van der Waals surface area contributed by atoms with Crippen LogP contribution >= 0.6 is 11.6 Å². The van der Waals surface area contributed by atoms with Gasteiger partial charge in [0.05, 0.1) is 17.8 Å². The molecule has 2 rings (SSSR count). The normalized spacial score (nSPS) is 10.3. The van der Waals surface area contributed by atoms with Crippen molar-refractivity contribution in [3.63, 3.8) is 0 Å². The van der Waals surface area contributed by atoms with Gasteiger partial charge in [0, 0.05) is 5.69 Å². The maximum absolute atomic E-state index is 12.1. The average Bonchev–Trinajstić information content (AvgIpc) is 2.46. The zero-order valence-electron chi connectivity index (χ0n) is 13.3. The van der Waals surface area contributed by atoms with Crippen LogP contribution in [-0.2, 0) is 4.79 Å². The molecule has 5 nitrogen and oxygen atoms in total. The number of hydrogen-bond donors (Lipinski definition) is 2. The van der Waals surface area contributed by atoms with E-state index < -0.39 is 0 Å². The third-order valence-electron chi connectivity index (χ3n) is 3.22. The van der Waals surface area contributed by atoms with Crippen molar-refractivity contribution in [2.75, 3.05) is 24.8 Å². The van der Waals surface area contributed by atoms with Gasteiger partial charge in [-0.15, -0.1) is 0 Å². The molecular formula is C17H19ClN2O3. The average molecular weight is 335 g/mol. The Morgan fingerprint density at radius 2 is 2.00 bits per heavy atom. The largest absolute Gasteiger partial charge is 0.495 e. The minimum atomic E-state index is -0.329. The second kappa shape index (κ2) is 7.24. The van der Waals surface area contributed by atoms with E-state index in [0.29, 0.717) is 27.9 Å². The number of aryl methyl sites for hydroxylation is 2. The van der Waals surface area contributed by atoms with Gasteiger partial charge >= 0.3 is 0 Å². The summed E-state index contributed by atoms with van der Waals surface area (Å²) in [5.74, 6) is 0.703. The Bertz CT molecular complexity index is 709. The van der Waals surface area contributed by atoms with Crippen LogP contribution in [0, 0.1) is 13.8 Å². The third-order valence-corrected chi connectivity index (χ3v) is 3.50. The minimum Gasteiger partial charge on any atom is -0.495 e. The maximum atomic E-state index is 12.1. The van der Waals surface area contributed by atoms with Crippen LogP contribution in [0.3, 0.4) is 0 Å². The fraction of sp³-hybridized carbons (Fsp3) is 0.235. The quantitative estimate of drug-likeness (QED) is 0.820. The van der Waals surface area contributed by atoms with Crippen molar-refractivity contribution in [1.82, 2.24) is 0 Å². The number of rotatable bonds is 5. The fourth-order valence-electron chi connectivity index (χ4n) is 2.23. The molecule has 23 heavy (non-hydrogen) atoms. The first kappa shape index (κ1) is 17.0. The van der Waals surface area contributed by atoms with Crippen LogP contribution < -0.4 is 20.5 Å². The summed E-state index contributed by atoms with van der Waals surface area (Å²) >= 11 is 6.15. The first-order valence-corrected chi connectivity index (χ1v) is 7.41. The number of methoxy groups -OCH3 is 1. The van der Waals surface area contributed by atoms with Crippen molar-refractivity contribution < 1.29 is 14.3 Å². The van der Waals surface area contributed by atoms with Gasteiger partial charge < -0.3 is 20.5 Å². The molecule has 0 saturated carbocycles. The molecule has 6 heteroatoms. The van der Waals surface area contributed by atoms with E-state index in [1.54, 1.807) is 24.3 Å². The molecule has 0 radical (unpaired) electrons. The van der Waals surface area contributed by atoms with Gasteiger partial charge in [0.2, 0.25) is 0 Å². The zero-order chi connectivity index (χ0) is 17.0. The highest BCUT2D eigenvalue weighted by atomic mass is 35.5. The first-order chi connectivity index (χ1) is 10.9. The maximum Gasteiger partial charge on any atom is 0.262 e. The summed E-state index contributed by atoms with van der Waals surface area (Å²) in [6.07, 6.45) is 0. The number of ether oxygens (including phenoxy) is 2. The summed E-state index contributed by atoms with van der Waals surface area (Å²) in [5, 5.41) is 3.19. The standard InChI is InChI=1S/C17H19ClN2O3/c1-10-6-11(2)17(13(18)7-10)23-9-16(21)20-14-8-12(19)4-5-15(14)22-3/h4-8H,9,19H2,1-3H3,(H,20,21). The zero-order valence-corrected chi connectivity index (χ0v) is 14.0. The summed E-state index contributed by atoms with van der Waals surface area (Å²) in [4.78, 5) is 12.1. The number of carbonyl (C=O) groups excluding carboxylic acids is 1. The van der Waals surface area contributed by atoms with E-state index in [1.807, 2.05) is 19.9 Å². The Morgan fingerprint density at radius 3 is 2.65 bits per heavy atom. The van der Waals surface area contributed by atoms with E-state index in [0.717, 1.165) is 11.1 Å². The minimum absolute atomic E-state index is 0.165.